The van der Waals surface area contributed by atoms with Crippen molar-refractivity contribution in [1.29, 1.82) is 0 Å². The van der Waals surface area contributed by atoms with E-state index in [4.69, 9.17) is 4.74 Å². The summed E-state index contributed by atoms with van der Waals surface area (Å²) in [6, 6.07) is 16.9. The molecule has 0 fully saturated rings. The number of aromatic hydroxyl groups is 1. The van der Waals surface area contributed by atoms with Gasteiger partial charge in [-0.05, 0) is 34.6 Å². The number of ether oxygens (including phenoxy) is 1. The monoisotopic (exact) mass is 433 g/mol. The second-order valence-corrected chi connectivity index (χ2v) is 13.3. The summed E-state index contributed by atoms with van der Waals surface area (Å²) in [5.41, 5.74) is 3.15. The fourth-order valence-corrected chi connectivity index (χ4v) is 8.90. The van der Waals surface area contributed by atoms with Crippen LogP contribution in [0.2, 0.25) is 13.1 Å². The molecule has 6 heteroatoms. The van der Waals surface area contributed by atoms with Crippen molar-refractivity contribution in [3.63, 3.8) is 0 Å². The van der Waals surface area contributed by atoms with Crippen molar-refractivity contribution in [2.45, 2.75) is 25.4 Å². The van der Waals surface area contributed by atoms with Gasteiger partial charge in [-0.1, -0.05) is 43.4 Å². The molecule has 2 aliphatic rings. The van der Waals surface area contributed by atoms with Crippen molar-refractivity contribution in [2.24, 2.45) is 0 Å². The summed E-state index contributed by atoms with van der Waals surface area (Å²) >= 11 is 0. The van der Waals surface area contributed by atoms with Crippen LogP contribution in [0.25, 0.3) is 0 Å². The molecule has 1 atom stereocenters. The Labute approximate surface area is 181 Å². The minimum absolute atomic E-state index is 0.0539. The normalized spacial score (nSPS) is 20.1. The van der Waals surface area contributed by atoms with Crippen LogP contribution in [0.3, 0.4) is 0 Å². The molecule has 0 saturated heterocycles. The van der Waals surface area contributed by atoms with Crippen LogP contribution in [0.1, 0.15) is 32.6 Å². The minimum Gasteiger partial charge on any atom is -0.508 e. The summed E-state index contributed by atoms with van der Waals surface area (Å²) in [7, 11) is 1.50. The molecule has 3 aromatic carbocycles. The lowest BCUT2D eigenvalue weighted by molar-refractivity contribution is 0.0255. The molecule has 1 spiro atoms. The van der Waals surface area contributed by atoms with Crippen molar-refractivity contribution in [3.8, 4) is 5.75 Å². The number of nitrogens with zero attached hydrogens (tertiary/aromatic N) is 1. The number of esters is 1. The Morgan fingerprint density at radius 3 is 2.45 bits per heavy atom. The summed E-state index contributed by atoms with van der Waals surface area (Å²) in [4.78, 5) is 15.0. The summed E-state index contributed by atoms with van der Waals surface area (Å²) in [6.45, 7) is 3.55. The smallest absolute Gasteiger partial charge is 0.340 e. The van der Waals surface area contributed by atoms with Crippen molar-refractivity contribution >= 4 is 30.1 Å². The maximum Gasteiger partial charge on any atom is 0.340 e. The largest absolute Gasteiger partial charge is 0.508 e. The number of halogens is 1. The lowest BCUT2D eigenvalue weighted by Crippen LogP contribution is -2.64. The second kappa shape index (κ2) is 6.44. The molecule has 3 aromatic rings. The molecule has 5 rings (SSSR count). The van der Waals surface area contributed by atoms with Gasteiger partial charge in [-0.15, -0.1) is 0 Å². The van der Waals surface area contributed by atoms with Crippen LogP contribution < -0.4 is 15.3 Å². The zero-order valence-electron chi connectivity index (χ0n) is 18.0. The molecule has 1 N–H and O–H groups in total. The first-order valence-electron chi connectivity index (χ1n) is 10.3. The SMILES string of the molecule is CN(C)c1ccc2c(c1)[Si](C)(C)c1c(ccc(O)c1CF)C21OC(=O)c2ccccc21. The first-order chi connectivity index (χ1) is 14.7. The van der Waals surface area contributed by atoms with E-state index < -0.39 is 20.3 Å². The number of phenolic OH excluding ortho intramolecular Hbond substituents is 1. The number of fused-ring (bicyclic) bond motifs is 6. The highest BCUT2D eigenvalue weighted by atomic mass is 28.3. The van der Waals surface area contributed by atoms with Crippen LogP contribution in [0.15, 0.2) is 54.6 Å². The highest BCUT2D eigenvalue weighted by Gasteiger charge is 2.56. The van der Waals surface area contributed by atoms with E-state index in [1.54, 1.807) is 12.1 Å². The van der Waals surface area contributed by atoms with Crippen molar-refractivity contribution in [2.75, 3.05) is 19.0 Å². The molecule has 31 heavy (non-hydrogen) atoms. The number of phenols is 1. The van der Waals surface area contributed by atoms with Crippen LogP contribution in [-0.4, -0.2) is 33.2 Å². The molecule has 0 aromatic heterocycles. The van der Waals surface area contributed by atoms with Crippen LogP contribution >= 0.6 is 0 Å². The number of anilines is 1. The Bertz CT molecular complexity index is 1250. The Morgan fingerprint density at radius 2 is 1.74 bits per heavy atom. The first kappa shape index (κ1) is 19.8. The third-order valence-electron chi connectivity index (χ3n) is 6.77. The van der Waals surface area contributed by atoms with Crippen molar-refractivity contribution in [1.82, 2.24) is 0 Å². The van der Waals surface area contributed by atoms with Crippen LogP contribution in [0.4, 0.5) is 10.1 Å². The number of carbonyl (C=O) groups excluding carboxylic acids is 1. The average Bonchev–Trinajstić information content (AvgIpc) is 3.05. The van der Waals surface area contributed by atoms with E-state index in [2.05, 4.69) is 19.2 Å². The topological polar surface area (TPSA) is 49.8 Å². The average molecular weight is 434 g/mol. The fourth-order valence-electron chi connectivity index (χ4n) is 5.31. The van der Waals surface area contributed by atoms with E-state index >= 15 is 0 Å². The first-order valence-corrected chi connectivity index (χ1v) is 13.3. The number of carbonyl (C=O) groups is 1. The Hall–Kier alpha value is -3.12. The third-order valence-corrected chi connectivity index (χ3v) is 10.4. The molecule has 0 saturated carbocycles. The molecular weight excluding hydrogens is 409 g/mol. The van der Waals surface area contributed by atoms with Gasteiger partial charge in [-0.25, -0.2) is 9.18 Å². The van der Waals surface area contributed by atoms with Gasteiger partial charge in [0.25, 0.3) is 0 Å². The molecule has 2 aliphatic heterocycles. The summed E-state index contributed by atoms with van der Waals surface area (Å²) in [5, 5.41) is 12.4. The number of hydrogen-bond acceptors (Lipinski definition) is 4. The Kier molecular flexibility index (Phi) is 4.11. The van der Waals surface area contributed by atoms with E-state index in [0.717, 1.165) is 32.8 Å². The Balaban J connectivity index is 1.97. The maximum atomic E-state index is 14.3. The van der Waals surface area contributed by atoms with E-state index in [1.165, 1.54) is 6.07 Å². The number of rotatable bonds is 2. The third kappa shape index (κ3) is 2.42. The maximum absolute atomic E-state index is 14.3. The van der Waals surface area contributed by atoms with Gasteiger partial charge in [-0.2, -0.15) is 0 Å². The van der Waals surface area contributed by atoms with Gasteiger partial charge in [-0.3, -0.25) is 0 Å². The van der Waals surface area contributed by atoms with Crippen LogP contribution in [0.5, 0.6) is 5.75 Å². The molecule has 158 valence electrons. The van der Waals surface area contributed by atoms with Gasteiger partial charge >= 0.3 is 5.97 Å². The van der Waals surface area contributed by atoms with E-state index in [-0.39, 0.29) is 11.7 Å². The van der Waals surface area contributed by atoms with E-state index in [0.29, 0.717) is 11.1 Å². The molecule has 0 aliphatic carbocycles. The lowest BCUT2D eigenvalue weighted by Gasteiger charge is -2.44. The summed E-state index contributed by atoms with van der Waals surface area (Å²) in [5.74, 6) is -0.442. The predicted molar refractivity (Wildman–Crippen MR) is 122 cm³/mol. The molecular formula is C25H24FNO3Si. The predicted octanol–water partition coefficient (Wildman–Crippen LogP) is 3.53. The lowest BCUT2D eigenvalue weighted by atomic mass is 9.78. The Morgan fingerprint density at radius 1 is 1.03 bits per heavy atom. The molecule has 4 nitrogen and oxygen atoms in total. The zero-order chi connectivity index (χ0) is 22.1. The van der Waals surface area contributed by atoms with Gasteiger partial charge in [0.1, 0.15) is 20.5 Å². The number of benzene rings is 3. The van der Waals surface area contributed by atoms with E-state index in [9.17, 15) is 14.3 Å². The van der Waals surface area contributed by atoms with Gasteiger partial charge in [0.15, 0.2) is 5.60 Å². The molecule has 0 radical (unpaired) electrons. The standard InChI is InChI=1S/C25H24FNO3Si/c1-27(2)15-9-10-19-22(13-15)31(3,4)23-17(14-26)21(28)12-11-20(23)25(19)18-8-6-5-7-16(18)24(29)30-25/h5-13,28H,14H2,1-4H3. The fraction of sp³-hybridized carbons (Fsp3) is 0.240. The second-order valence-electron chi connectivity index (χ2n) is 8.99. The number of hydrogen-bond donors (Lipinski definition) is 1. The van der Waals surface area contributed by atoms with Crippen LogP contribution in [0, 0.1) is 0 Å². The van der Waals surface area contributed by atoms with Crippen molar-refractivity contribution in [3.05, 3.63) is 82.4 Å². The van der Waals surface area contributed by atoms with E-state index in [1.807, 2.05) is 49.3 Å². The zero-order valence-corrected chi connectivity index (χ0v) is 19.0. The molecule has 0 bridgehead atoms. The van der Waals surface area contributed by atoms with Gasteiger partial charge in [0.2, 0.25) is 0 Å². The van der Waals surface area contributed by atoms with Crippen LogP contribution in [-0.2, 0) is 17.0 Å². The molecule has 2 heterocycles. The van der Waals surface area contributed by atoms with Gasteiger partial charge in [0, 0.05) is 42.0 Å². The summed E-state index contributed by atoms with van der Waals surface area (Å²) in [6.07, 6.45) is 0. The van der Waals surface area contributed by atoms with Gasteiger partial charge in [0.05, 0.1) is 5.56 Å². The number of alkyl halides is 1. The molecule has 1 unspecified atom stereocenters. The van der Waals surface area contributed by atoms with Crippen molar-refractivity contribution < 1.29 is 19.0 Å². The highest BCUT2D eigenvalue weighted by molar-refractivity contribution is 7.01. The minimum atomic E-state index is -2.46. The van der Waals surface area contributed by atoms with Gasteiger partial charge < -0.3 is 14.7 Å². The summed E-state index contributed by atoms with van der Waals surface area (Å²) < 4.78 is 20.5. The quantitative estimate of drug-likeness (QED) is 0.496. The molecule has 0 amide bonds. The highest BCUT2D eigenvalue weighted by Crippen LogP contribution is 2.49.